The summed E-state index contributed by atoms with van der Waals surface area (Å²) in [6.07, 6.45) is 3.85. The summed E-state index contributed by atoms with van der Waals surface area (Å²) in [5.41, 5.74) is 3.06. The molecule has 3 heteroatoms. The molecule has 1 aliphatic rings. The molecule has 3 nitrogen and oxygen atoms in total. The molecule has 1 N–H and O–H groups in total. The predicted molar refractivity (Wildman–Crippen MR) is 86.3 cm³/mol. The van der Waals surface area contributed by atoms with E-state index in [9.17, 15) is 5.11 Å². The van der Waals surface area contributed by atoms with Gasteiger partial charge in [0.25, 0.3) is 0 Å². The van der Waals surface area contributed by atoms with E-state index >= 15 is 0 Å². The summed E-state index contributed by atoms with van der Waals surface area (Å²) in [5.74, 6) is 0. The van der Waals surface area contributed by atoms with Gasteiger partial charge in [-0.2, -0.15) is 0 Å². The van der Waals surface area contributed by atoms with E-state index in [-0.39, 0.29) is 6.04 Å². The van der Waals surface area contributed by atoms with Gasteiger partial charge in [-0.15, -0.1) is 0 Å². The number of fused-ring (bicyclic) bond motifs is 1. The minimum absolute atomic E-state index is 0.215. The number of para-hydroxylation sites is 1. The first kappa shape index (κ1) is 14.5. The fourth-order valence-corrected chi connectivity index (χ4v) is 3.39. The quantitative estimate of drug-likeness (QED) is 0.935. The molecular formula is C18H24N2O. The Morgan fingerprint density at radius 3 is 2.90 bits per heavy atom. The lowest BCUT2D eigenvalue weighted by atomic mass is 9.97. The molecule has 1 aromatic carbocycles. The van der Waals surface area contributed by atoms with Crippen molar-refractivity contribution in [2.24, 2.45) is 0 Å². The first-order valence-electron chi connectivity index (χ1n) is 7.97. The Balaban J connectivity index is 2.02. The molecule has 1 aliphatic heterocycles. The van der Waals surface area contributed by atoms with Crippen LogP contribution in [-0.2, 0) is 6.42 Å². The molecule has 1 aromatic heterocycles. The van der Waals surface area contributed by atoms with Gasteiger partial charge in [-0.25, -0.2) is 0 Å². The summed E-state index contributed by atoms with van der Waals surface area (Å²) in [6, 6.07) is 10.6. The lowest BCUT2D eigenvalue weighted by molar-refractivity contribution is 0.0867. The minimum atomic E-state index is -0.453. The number of aliphatic hydroxyl groups is 1. The summed E-state index contributed by atoms with van der Waals surface area (Å²) >= 11 is 0. The molecule has 1 saturated heterocycles. The van der Waals surface area contributed by atoms with Crippen molar-refractivity contribution in [2.45, 2.75) is 44.8 Å². The number of likely N-dealkylation sites (tertiary alicyclic amines) is 1. The van der Waals surface area contributed by atoms with Crippen LogP contribution in [0.3, 0.4) is 0 Å². The van der Waals surface area contributed by atoms with Crippen molar-refractivity contribution in [2.75, 3.05) is 13.6 Å². The Morgan fingerprint density at radius 1 is 1.33 bits per heavy atom. The number of aromatic nitrogens is 1. The zero-order valence-corrected chi connectivity index (χ0v) is 12.9. The highest BCUT2D eigenvalue weighted by atomic mass is 16.3. The Labute approximate surface area is 126 Å². The monoisotopic (exact) mass is 284 g/mol. The van der Waals surface area contributed by atoms with Crippen LogP contribution in [0, 0.1) is 0 Å². The molecule has 21 heavy (non-hydrogen) atoms. The number of aliphatic hydroxyl groups excluding tert-OH is 1. The third-order valence-electron chi connectivity index (χ3n) is 4.58. The Bertz CT molecular complexity index is 626. The molecule has 0 bridgehead atoms. The first-order valence-corrected chi connectivity index (χ1v) is 7.97. The third kappa shape index (κ3) is 2.81. The molecule has 2 aromatic rings. The molecule has 1 fully saturated rings. The fourth-order valence-electron chi connectivity index (χ4n) is 3.39. The van der Waals surface area contributed by atoms with Crippen molar-refractivity contribution in [3.8, 4) is 0 Å². The van der Waals surface area contributed by atoms with Crippen LogP contribution in [0.1, 0.15) is 43.5 Å². The molecule has 0 radical (unpaired) electrons. The number of likely N-dealkylation sites (N-methyl/N-ethyl adjacent to an activating group) is 1. The van der Waals surface area contributed by atoms with Crippen LogP contribution in [0.25, 0.3) is 10.9 Å². The van der Waals surface area contributed by atoms with Crippen LogP contribution in [0.4, 0.5) is 0 Å². The zero-order chi connectivity index (χ0) is 14.8. The molecule has 2 heterocycles. The standard InChI is InChI=1S/C18H24N2O/c1-3-6-14-11-10-13-7-4-8-15(17(13)19-14)18(21)16-9-5-12-20(16)2/h4,7-8,10-11,16,18,21H,3,5-6,9,12H2,1-2H3. The van der Waals surface area contributed by atoms with Crippen molar-refractivity contribution in [1.82, 2.24) is 9.88 Å². The topological polar surface area (TPSA) is 36.4 Å². The number of pyridine rings is 1. The second-order valence-corrected chi connectivity index (χ2v) is 6.11. The van der Waals surface area contributed by atoms with Gasteiger partial charge in [-0.1, -0.05) is 37.6 Å². The normalized spacial score (nSPS) is 21.0. The highest BCUT2D eigenvalue weighted by Crippen LogP contribution is 2.31. The number of aryl methyl sites for hydroxylation is 1. The van der Waals surface area contributed by atoms with Gasteiger partial charge in [-0.3, -0.25) is 4.98 Å². The summed E-state index contributed by atoms with van der Waals surface area (Å²) in [4.78, 5) is 7.07. The Hall–Kier alpha value is -1.45. The van der Waals surface area contributed by atoms with Crippen LogP contribution < -0.4 is 0 Å². The van der Waals surface area contributed by atoms with Gasteiger partial charge in [0.15, 0.2) is 0 Å². The van der Waals surface area contributed by atoms with Crippen molar-refractivity contribution >= 4 is 10.9 Å². The van der Waals surface area contributed by atoms with Crippen LogP contribution in [-0.4, -0.2) is 34.6 Å². The van der Waals surface area contributed by atoms with Gasteiger partial charge in [0, 0.05) is 22.7 Å². The van der Waals surface area contributed by atoms with Crippen molar-refractivity contribution in [1.29, 1.82) is 0 Å². The number of rotatable bonds is 4. The second kappa shape index (κ2) is 6.12. The molecular weight excluding hydrogens is 260 g/mol. The maximum Gasteiger partial charge on any atom is 0.0966 e. The molecule has 2 unspecified atom stereocenters. The molecule has 0 aliphatic carbocycles. The Kier molecular flexibility index (Phi) is 4.22. The fraction of sp³-hybridized carbons (Fsp3) is 0.500. The summed E-state index contributed by atoms with van der Waals surface area (Å²) < 4.78 is 0. The molecule has 0 spiro atoms. The van der Waals surface area contributed by atoms with E-state index in [1.54, 1.807) is 0 Å². The SMILES string of the molecule is CCCc1ccc2cccc(C(O)C3CCCN3C)c2n1. The molecule has 2 atom stereocenters. The van der Waals surface area contributed by atoms with E-state index in [4.69, 9.17) is 4.98 Å². The van der Waals surface area contributed by atoms with Gasteiger partial charge in [-0.05, 0) is 38.9 Å². The van der Waals surface area contributed by atoms with Gasteiger partial charge in [0.2, 0.25) is 0 Å². The number of hydrogen-bond donors (Lipinski definition) is 1. The lowest BCUT2D eigenvalue weighted by Gasteiger charge is -2.26. The van der Waals surface area contributed by atoms with Crippen molar-refractivity contribution < 1.29 is 5.11 Å². The van der Waals surface area contributed by atoms with Crippen LogP contribution in [0.2, 0.25) is 0 Å². The maximum absolute atomic E-state index is 10.8. The summed E-state index contributed by atoms with van der Waals surface area (Å²) in [5, 5.41) is 11.9. The highest BCUT2D eigenvalue weighted by molar-refractivity contribution is 5.82. The van der Waals surface area contributed by atoms with E-state index in [0.717, 1.165) is 54.4 Å². The van der Waals surface area contributed by atoms with E-state index < -0.39 is 6.10 Å². The van der Waals surface area contributed by atoms with Crippen LogP contribution >= 0.6 is 0 Å². The first-order chi connectivity index (χ1) is 10.2. The highest BCUT2D eigenvalue weighted by Gasteiger charge is 2.30. The number of benzene rings is 1. The predicted octanol–water partition coefficient (Wildman–Crippen LogP) is 3.31. The van der Waals surface area contributed by atoms with Gasteiger partial charge < -0.3 is 10.0 Å². The van der Waals surface area contributed by atoms with Crippen molar-refractivity contribution in [3.05, 3.63) is 41.6 Å². The smallest absolute Gasteiger partial charge is 0.0966 e. The van der Waals surface area contributed by atoms with Crippen LogP contribution in [0.5, 0.6) is 0 Å². The lowest BCUT2D eigenvalue weighted by Crippen LogP contribution is -2.31. The van der Waals surface area contributed by atoms with Gasteiger partial charge >= 0.3 is 0 Å². The zero-order valence-electron chi connectivity index (χ0n) is 12.9. The average Bonchev–Trinajstić information content (AvgIpc) is 2.92. The average molecular weight is 284 g/mol. The molecule has 0 saturated carbocycles. The third-order valence-corrected chi connectivity index (χ3v) is 4.58. The maximum atomic E-state index is 10.8. The molecule has 112 valence electrons. The van der Waals surface area contributed by atoms with Crippen molar-refractivity contribution in [3.63, 3.8) is 0 Å². The summed E-state index contributed by atoms with van der Waals surface area (Å²) in [6.45, 7) is 3.24. The number of hydrogen-bond acceptors (Lipinski definition) is 3. The van der Waals surface area contributed by atoms with Crippen LogP contribution in [0.15, 0.2) is 30.3 Å². The van der Waals surface area contributed by atoms with E-state index in [2.05, 4.69) is 37.1 Å². The van der Waals surface area contributed by atoms with Gasteiger partial charge in [0.05, 0.1) is 11.6 Å². The van der Waals surface area contributed by atoms with Gasteiger partial charge in [0.1, 0.15) is 0 Å². The van der Waals surface area contributed by atoms with E-state index in [1.807, 2.05) is 12.1 Å². The van der Waals surface area contributed by atoms with E-state index in [1.165, 1.54) is 0 Å². The summed E-state index contributed by atoms with van der Waals surface area (Å²) in [7, 11) is 2.10. The molecule has 0 amide bonds. The Morgan fingerprint density at radius 2 is 2.19 bits per heavy atom. The number of nitrogens with zero attached hydrogens (tertiary/aromatic N) is 2. The second-order valence-electron chi connectivity index (χ2n) is 6.11. The van der Waals surface area contributed by atoms with E-state index in [0.29, 0.717) is 0 Å². The largest absolute Gasteiger partial charge is 0.387 e. The minimum Gasteiger partial charge on any atom is -0.387 e. The molecule has 3 rings (SSSR count).